The minimum atomic E-state index is -0.791. The molecule has 1 aliphatic rings. The number of amides is 3. The van der Waals surface area contributed by atoms with Gasteiger partial charge in [0.2, 0.25) is 0 Å². The fourth-order valence-corrected chi connectivity index (χ4v) is 5.37. The smallest absolute Gasteiger partial charge is 0.380 e. The Labute approximate surface area is 294 Å². The van der Waals surface area contributed by atoms with E-state index in [-0.39, 0.29) is 36.1 Å². The maximum atomic E-state index is 14.9. The molecule has 1 saturated heterocycles. The van der Waals surface area contributed by atoms with Gasteiger partial charge in [-0.3, -0.25) is 21.3 Å². The van der Waals surface area contributed by atoms with Gasteiger partial charge in [0.15, 0.2) is 5.82 Å². The number of hydrogen-bond donors (Lipinski definition) is 2. The standard InChI is InChI=1S/C37H49FN6O6.Lr/c1-9-44(36(47)50-37(4,5)6)17-16-42(7)23-32(26-13-12-24(2)30(38)20-26)49-31-19-25(3)28(35(46)40-33-14-15-43(8)41-33)21-29(31)34(45)39-22-27-11-10-18-48-27;/h9,12-15,19-21,27,32H,7,10-11,16-18,22-23H2,1-6,8H3,(H,39,45)(H,40,41,46);/q-2;/t27-,32-;/m1./s1. The van der Waals surface area contributed by atoms with Gasteiger partial charge >= 0.3 is 6.09 Å². The van der Waals surface area contributed by atoms with Gasteiger partial charge in [-0.05, 0) is 88.9 Å². The molecule has 2 heterocycles. The average molecular weight is 955 g/mol. The second kappa shape index (κ2) is 17.4. The number of aromatic nitrogens is 2. The molecule has 0 unspecified atom stereocenters. The molecular formula is C37H49FLrN6O6-2. The first-order valence-electron chi connectivity index (χ1n) is 16.8. The van der Waals surface area contributed by atoms with Crippen molar-refractivity contribution in [1.29, 1.82) is 0 Å². The second-order valence-electron chi connectivity index (χ2n) is 13.5. The summed E-state index contributed by atoms with van der Waals surface area (Å²) in [6.07, 6.45) is 2.07. The SMILES string of the molecule is [CH2-]N(CCN([CH-]C)C(=O)OC(C)(C)C)C[C@@H](Oc1cc(C)c(C(=O)Nc2ccn(C)n2)cc1C(=O)NC[C@H]1CCCO1)c1ccc(C)c(F)c1.[Lr]. The third-order valence-corrected chi connectivity index (χ3v) is 8.14. The zero-order chi connectivity index (χ0) is 36.6. The van der Waals surface area contributed by atoms with E-state index < -0.39 is 35.4 Å². The monoisotopic (exact) mass is 954 g/mol. The first-order valence-corrected chi connectivity index (χ1v) is 16.8. The Balaban J connectivity index is 0.00000702. The molecule has 2 atom stereocenters. The van der Waals surface area contributed by atoms with Crippen LogP contribution < -0.4 is 15.4 Å². The second-order valence-corrected chi connectivity index (χ2v) is 13.5. The van der Waals surface area contributed by atoms with Gasteiger partial charge in [0.25, 0.3) is 11.8 Å². The van der Waals surface area contributed by atoms with E-state index in [9.17, 15) is 18.8 Å². The van der Waals surface area contributed by atoms with Gasteiger partial charge in [-0.2, -0.15) is 12.0 Å². The molecular weight excluding hydrogens is 905 g/mol. The Morgan fingerprint density at radius 3 is 2.47 bits per heavy atom. The Morgan fingerprint density at radius 2 is 1.86 bits per heavy atom. The molecule has 1 aliphatic heterocycles. The normalized spacial score (nSPS) is 14.8. The van der Waals surface area contributed by atoms with Gasteiger partial charge in [-0.25, -0.2) is 15.7 Å². The summed E-state index contributed by atoms with van der Waals surface area (Å²) in [4.78, 5) is 43.0. The summed E-state index contributed by atoms with van der Waals surface area (Å²) in [5, 5.41) is 9.92. The van der Waals surface area contributed by atoms with Gasteiger partial charge in [0, 0.05) is 51.1 Å². The number of halogens is 1. The fraction of sp³-hybridized carbons (Fsp3) is 0.459. The van der Waals surface area contributed by atoms with E-state index >= 15 is 0 Å². The number of aryl methyl sites for hydroxylation is 3. The molecule has 0 saturated carbocycles. The number of anilines is 1. The predicted molar refractivity (Wildman–Crippen MR) is 188 cm³/mol. The minimum absolute atomic E-state index is 0. The van der Waals surface area contributed by atoms with Crippen molar-refractivity contribution < 1.29 is 33.0 Å². The van der Waals surface area contributed by atoms with Crippen molar-refractivity contribution in [2.24, 2.45) is 7.05 Å². The van der Waals surface area contributed by atoms with Crippen molar-refractivity contribution in [2.75, 3.05) is 38.1 Å². The third-order valence-electron chi connectivity index (χ3n) is 8.14. The van der Waals surface area contributed by atoms with Crippen LogP contribution in [-0.2, 0) is 16.5 Å². The van der Waals surface area contributed by atoms with E-state index in [2.05, 4.69) is 22.8 Å². The van der Waals surface area contributed by atoms with Crippen molar-refractivity contribution in [3.63, 3.8) is 0 Å². The molecule has 2 aromatic carbocycles. The van der Waals surface area contributed by atoms with Crippen molar-refractivity contribution in [3.8, 4) is 5.75 Å². The summed E-state index contributed by atoms with van der Waals surface area (Å²) in [7, 11) is 5.91. The molecule has 51 heavy (non-hydrogen) atoms. The molecule has 14 heteroatoms. The van der Waals surface area contributed by atoms with Gasteiger partial charge in [0.05, 0.1) is 11.7 Å². The number of ether oxygens (including phenoxy) is 3. The zero-order valence-corrected chi connectivity index (χ0v) is 32.5. The Bertz CT molecular complexity index is 1650. The molecule has 4 rings (SSSR count). The van der Waals surface area contributed by atoms with Crippen LogP contribution in [0.3, 0.4) is 0 Å². The molecule has 287 valence electrons. The largest absolute Gasteiger partial charge is 0.484 e. The van der Waals surface area contributed by atoms with Crippen molar-refractivity contribution in [1.82, 2.24) is 24.9 Å². The Hall–Kier alpha value is -5.49. The first-order chi connectivity index (χ1) is 23.6. The van der Waals surface area contributed by atoms with Gasteiger partial charge in [-0.15, -0.1) is 0 Å². The predicted octanol–water partition coefficient (Wildman–Crippen LogP) is 5.97. The maximum Gasteiger partial charge on any atom is 0.380 e. The summed E-state index contributed by atoms with van der Waals surface area (Å²) >= 11 is 0. The van der Waals surface area contributed by atoms with Crippen LogP contribution in [0.1, 0.15) is 84.0 Å². The van der Waals surface area contributed by atoms with E-state index in [4.69, 9.17) is 14.2 Å². The molecule has 2 N–H and O–H groups in total. The molecule has 3 aromatic rings. The Morgan fingerprint density at radius 1 is 1.12 bits per heavy atom. The van der Waals surface area contributed by atoms with Crippen LogP contribution in [0.2, 0.25) is 0 Å². The molecule has 12 nitrogen and oxygen atoms in total. The maximum absolute atomic E-state index is 14.9. The first kappa shape index (κ1) is 39.9. The number of rotatable bonds is 14. The van der Waals surface area contributed by atoms with Crippen LogP contribution in [0.5, 0.6) is 5.75 Å². The number of carbonyl (C=O) groups is 3. The Kier molecular flexibility index (Phi) is 13.7. The van der Waals surface area contributed by atoms with E-state index in [1.807, 2.05) is 0 Å². The number of benzene rings is 2. The van der Waals surface area contributed by atoms with E-state index in [0.717, 1.165) is 12.8 Å². The number of nitrogens with one attached hydrogen (secondary N) is 2. The van der Waals surface area contributed by atoms with Crippen molar-refractivity contribution in [2.45, 2.75) is 72.2 Å². The summed E-state index contributed by atoms with van der Waals surface area (Å²) in [6.45, 7) is 13.9. The van der Waals surface area contributed by atoms with Crippen LogP contribution in [-0.4, -0.2) is 82.0 Å². The molecule has 1 fully saturated rings. The molecule has 3 amide bonds. The van der Waals surface area contributed by atoms with E-state index in [1.54, 1.807) is 95.2 Å². The van der Waals surface area contributed by atoms with Gasteiger partial charge < -0.3 is 34.6 Å². The number of carbonyl (C=O) groups excluding carboxylic acids is 3. The average Bonchev–Trinajstić information content (AvgIpc) is 3.72. The van der Waals surface area contributed by atoms with Crippen molar-refractivity contribution in [3.05, 3.63) is 89.8 Å². The third kappa shape index (κ3) is 11.3. The van der Waals surface area contributed by atoms with Crippen LogP contribution in [0.15, 0.2) is 42.6 Å². The van der Waals surface area contributed by atoms with Crippen molar-refractivity contribution >= 4 is 23.7 Å². The molecule has 1 aromatic heterocycles. The number of hydrogen-bond acceptors (Lipinski definition) is 8. The zero-order valence-electron chi connectivity index (χ0n) is 30.3. The van der Waals surface area contributed by atoms with Gasteiger partial charge in [-0.1, -0.05) is 12.1 Å². The molecule has 0 aliphatic carbocycles. The van der Waals surface area contributed by atoms with Crippen LogP contribution in [0.25, 0.3) is 0 Å². The molecule has 0 bridgehead atoms. The summed E-state index contributed by atoms with van der Waals surface area (Å²) in [5.74, 6) is -0.725. The van der Waals surface area contributed by atoms with E-state index in [1.165, 1.54) is 17.0 Å². The quantitative estimate of drug-likeness (QED) is 0.190. The summed E-state index contributed by atoms with van der Waals surface area (Å²) in [5.41, 5.74) is 1.28. The summed E-state index contributed by atoms with van der Waals surface area (Å²) < 4.78 is 34.2. The fourth-order valence-electron chi connectivity index (χ4n) is 5.37. The number of nitrogens with zero attached hydrogens (tertiary/aromatic N) is 4. The summed E-state index contributed by atoms with van der Waals surface area (Å²) in [6, 6.07) is 9.63. The van der Waals surface area contributed by atoms with E-state index in [0.29, 0.717) is 42.2 Å². The van der Waals surface area contributed by atoms with Gasteiger partial charge in [0.1, 0.15) is 23.3 Å². The van der Waals surface area contributed by atoms with Crippen LogP contribution in [0, 0.1) is 33.3 Å². The molecule has 1 radical (unpaired) electrons. The van der Waals surface area contributed by atoms with Crippen LogP contribution in [0.4, 0.5) is 15.0 Å². The minimum Gasteiger partial charge on any atom is -0.484 e. The topological polar surface area (TPSA) is 127 Å². The van der Waals surface area contributed by atoms with Crippen LogP contribution >= 0.6 is 0 Å². The molecule has 0 spiro atoms.